The van der Waals surface area contributed by atoms with Crippen molar-refractivity contribution in [2.45, 2.75) is 6.42 Å². The molecule has 1 heterocycles. The second-order valence-corrected chi connectivity index (χ2v) is 5.01. The van der Waals surface area contributed by atoms with E-state index in [1.54, 1.807) is 23.1 Å². The van der Waals surface area contributed by atoms with Crippen molar-refractivity contribution >= 4 is 47.4 Å². The van der Waals surface area contributed by atoms with Crippen LogP contribution < -0.4 is 4.90 Å². The van der Waals surface area contributed by atoms with Gasteiger partial charge >= 0.3 is 0 Å². The number of carbonyl (C=O) groups is 1. The molecule has 1 fully saturated rings. The molecule has 0 saturated carbocycles. The molecular weight excluding hydrogens is 265 g/mol. The average molecular weight is 276 g/mol. The maximum Gasteiger partial charge on any atom is 0.227 e. The summed E-state index contributed by atoms with van der Waals surface area (Å²) in [5.74, 6) is 1.04. The first-order valence-electron chi connectivity index (χ1n) is 4.98. The van der Waals surface area contributed by atoms with E-state index in [-0.39, 0.29) is 11.8 Å². The molecule has 86 valence electrons. The zero-order chi connectivity index (χ0) is 11.7. The van der Waals surface area contributed by atoms with Crippen LogP contribution in [0.25, 0.3) is 0 Å². The number of hydrogen-bond donors (Lipinski definition) is 1. The van der Waals surface area contributed by atoms with Crippen molar-refractivity contribution in [2.24, 2.45) is 5.92 Å². The van der Waals surface area contributed by atoms with Gasteiger partial charge in [0.05, 0.1) is 15.7 Å². The summed E-state index contributed by atoms with van der Waals surface area (Å²) in [7, 11) is 0. The second kappa shape index (κ2) is 4.86. The number of benzene rings is 1. The highest BCUT2D eigenvalue weighted by molar-refractivity contribution is 7.80. The van der Waals surface area contributed by atoms with E-state index in [0.29, 0.717) is 34.5 Å². The van der Waals surface area contributed by atoms with Gasteiger partial charge in [0, 0.05) is 13.0 Å². The fraction of sp³-hybridized carbons (Fsp3) is 0.364. The fourth-order valence-electron chi connectivity index (χ4n) is 1.87. The van der Waals surface area contributed by atoms with Crippen molar-refractivity contribution in [2.75, 3.05) is 17.2 Å². The van der Waals surface area contributed by atoms with Crippen LogP contribution in [0.5, 0.6) is 0 Å². The van der Waals surface area contributed by atoms with Gasteiger partial charge in [0.2, 0.25) is 5.91 Å². The van der Waals surface area contributed by atoms with Crippen molar-refractivity contribution in [1.82, 2.24) is 0 Å². The van der Waals surface area contributed by atoms with Gasteiger partial charge < -0.3 is 4.90 Å². The van der Waals surface area contributed by atoms with Crippen LogP contribution >= 0.6 is 35.8 Å². The average Bonchev–Trinajstić information content (AvgIpc) is 2.60. The number of carbonyl (C=O) groups excluding carboxylic acids is 1. The van der Waals surface area contributed by atoms with Crippen LogP contribution in [0.4, 0.5) is 5.69 Å². The van der Waals surface area contributed by atoms with Crippen molar-refractivity contribution in [1.29, 1.82) is 0 Å². The highest BCUT2D eigenvalue weighted by atomic mass is 35.5. The first kappa shape index (κ1) is 12.1. The van der Waals surface area contributed by atoms with E-state index >= 15 is 0 Å². The maximum atomic E-state index is 11.8. The van der Waals surface area contributed by atoms with Gasteiger partial charge in [0.1, 0.15) is 0 Å². The molecule has 1 atom stereocenters. The lowest BCUT2D eigenvalue weighted by Crippen LogP contribution is -2.25. The molecule has 1 aromatic rings. The van der Waals surface area contributed by atoms with Crippen LogP contribution in [-0.2, 0) is 4.79 Å². The van der Waals surface area contributed by atoms with E-state index in [1.807, 2.05) is 0 Å². The Kier molecular flexibility index (Phi) is 3.67. The lowest BCUT2D eigenvalue weighted by atomic mass is 10.1. The summed E-state index contributed by atoms with van der Waals surface area (Å²) in [6.07, 6.45) is 0.519. The molecule has 1 aliphatic rings. The molecule has 0 aromatic heterocycles. The van der Waals surface area contributed by atoms with Crippen LogP contribution in [-0.4, -0.2) is 18.2 Å². The Morgan fingerprint density at radius 3 is 2.50 bits per heavy atom. The van der Waals surface area contributed by atoms with Crippen molar-refractivity contribution < 1.29 is 4.79 Å². The summed E-state index contributed by atoms with van der Waals surface area (Å²) in [5.41, 5.74) is 0.625. The first-order chi connectivity index (χ1) is 7.63. The molecule has 16 heavy (non-hydrogen) atoms. The monoisotopic (exact) mass is 275 g/mol. The van der Waals surface area contributed by atoms with Crippen molar-refractivity contribution in [3.63, 3.8) is 0 Å². The van der Waals surface area contributed by atoms with E-state index < -0.39 is 0 Å². The van der Waals surface area contributed by atoms with Gasteiger partial charge in [-0.3, -0.25) is 4.79 Å². The van der Waals surface area contributed by atoms with Gasteiger partial charge in [-0.15, -0.1) is 0 Å². The minimum absolute atomic E-state index is 0.0639. The maximum absolute atomic E-state index is 11.8. The topological polar surface area (TPSA) is 20.3 Å². The number of thiol groups is 1. The van der Waals surface area contributed by atoms with Gasteiger partial charge in [-0.05, 0) is 23.8 Å². The molecule has 0 radical (unpaired) electrons. The van der Waals surface area contributed by atoms with E-state index in [4.69, 9.17) is 23.2 Å². The summed E-state index contributed by atoms with van der Waals surface area (Å²) in [6.45, 7) is 0.645. The van der Waals surface area contributed by atoms with E-state index in [2.05, 4.69) is 12.6 Å². The molecule has 1 unspecified atom stereocenters. The quantitative estimate of drug-likeness (QED) is 0.822. The second-order valence-electron chi connectivity index (χ2n) is 3.83. The summed E-state index contributed by atoms with van der Waals surface area (Å²) >= 11 is 16.4. The number of halogens is 2. The van der Waals surface area contributed by atoms with Gasteiger partial charge in [-0.1, -0.05) is 29.3 Å². The van der Waals surface area contributed by atoms with Crippen molar-refractivity contribution in [3.05, 3.63) is 28.2 Å². The zero-order valence-corrected chi connectivity index (χ0v) is 10.9. The van der Waals surface area contributed by atoms with Crippen LogP contribution in [0, 0.1) is 5.92 Å². The van der Waals surface area contributed by atoms with E-state index in [0.717, 1.165) is 0 Å². The third-order valence-corrected chi connectivity index (χ3v) is 3.80. The van der Waals surface area contributed by atoms with Gasteiger partial charge in [0.15, 0.2) is 0 Å². The molecule has 5 heteroatoms. The molecule has 1 aliphatic heterocycles. The molecule has 0 spiro atoms. The standard InChI is InChI=1S/C11H11Cl2NOS/c12-8-2-1-3-9(13)11(8)14-5-7(6-16)4-10(14)15/h1-3,7,16H,4-6H2. The Hall–Kier alpha value is -0.380. The Labute approximate surface area is 110 Å². The Morgan fingerprint density at radius 2 is 2.00 bits per heavy atom. The number of para-hydroxylation sites is 1. The largest absolute Gasteiger partial charge is 0.309 e. The van der Waals surface area contributed by atoms with E-state index in [1.165, 1.54) is 0 Å². The lowest BCUT2D eigenvalue weighted by molar-refractivity contribution is -0.117. The minimum atomic E-state index is 0.0639. The van der Waals surface area contributed by atoms with Crippen LogP contribution in [0.15, 0.2) is 18.2 Å². The number of anilines is 1. The SMILES string of the molecule is O=C1CC(CS)CN1c1c(Cl)cccc1Cl. The summed E-state index contributed by atoms with van der Waals surface area (Å²) in [5, 5.41) is 1.03. The fourth-order valence-corrected chi connectivity index (χ4v) is 2.71. The Balaban J connectivity index is 2.35. The predicted molar refractivity (Wildman–Crippen MR) is 70.8 cm³/mol. The highest BCUT2D eigenvalue weighted by Gasteiger charge is 2.31. The third-order valence-electron chi connectivity index (χ3n) is 2.67. The smallest absolute Gasteiger partial charge is 0.227 e. The minimum Gasteiger partial charge on any atom is -0.309 e. The summed E-state index contributed by atoms with van der Waals surface area (Å²) in [4.78, 5) is 13.5. The summed E-state index contributed by atoms with van der Waals surface area (Å²) in [6, 6.07) is 5.25. The molecule has 2 nitrogen and oxygen atoms in total. The Morgan fingerprint density at radius 1 is 1.38 bits per heavy atom. The number of amides is 1. The highest BCUT2D eigenvalue weighted by Crippen LogP contribution is 2.37. The molecular formula is C11H11Cl2NOS. The molecule has 1 saturated heterocycles. The third kappa shape index (κ3) is 2.17. The molecule has 0 aliphatic carbocycles. The molecule has 0 N–H and O–H groups in total. The molecule has 1 amide bonds. The van der Waals surface area contributed by atoms with Gasteiger partial charge in [-0.25, -0.2) is 0 Å². The first-order valence-corrected chi connectivity index (χ1v) is 6.37. The van der Waals surface area contributed by atoms with E-state index in [9.17, 15) is 4.79 Å². The van der Waals surface area contributed by atoms with Gasteiger partial charge in [-0.2, -0.15) is 12.6 Å². The normalized spacial score (nSPS) is 20.6. The summed E-state index contributed by atoms with van der Waals surface area (Å²) < 4.78 is 0. The number of hydrogen-bond acceptors (Lipinski definition) is 2. The number of rotatable bonds is 2. The van der Waals surface area contributed by atoms with Crippen LogP contribution in [0.1, 0.15) is 6.42 Å². The zero-order valence-electron chi connectivity index (χ0n) is 8.49. The van der Waals surface area contributed by atoms with Crippen LogP contribution in [0.2, 0.25) is 10.0 Å². The van der Waals surface area contributed by atoms with Gasteiger partial charge in [0.25, 0.3) is 0 Å². The molecule has 1 aromatic carbocycles. The molecule has 2 rings (SSSR count). The Bertz CT molecular complexity index is 404. The molecule has 0 bridgehead atoms. The number of nitrogens with zero attached hydrogens (tertiary/aromatic N) is 1. The van der Waals surface area contributed by atoms with Crippen LogP contribution in [0.3, 0.4) is 0 Å². The lowest BCUT2D eigenvalue weighted by Gasteiger charge is -2.19. The predicted octanol–water partition coefficient (Wildman–Crippen LogP) is 3.28. The van der Waals surface area contributed by atoms with Crippen molar-refractivity contribution in [3.8, 4) is 0 Å².